The van der Waals surface area contributed by atoms with Gasteiger partial charge in [0.25, 0.3) is 0 Å². The number of hydrogen-bond donors (Lipinski definition) is 2. The Morgan fingerprint density at radius 3 is 1.12 bits per heavy atom. The van der Waals surface area contributed by atoms with E-state index in [-0.39, 0.29) is 22.0 Å². The van der Waals surface area contributed by atoms with Crippen molar-refractivity contribution in [2.75, 3.05) is 0 Å². The summed E-state index contributed by atoms with van der Waals surface area (Å²) in [5.41, 5.74) is 4.83. The van der Waals surface area contributed by atoms with Crippen LogP contribution in [0.3, 0.4) is 0 Å². The second-order valence-corrected chi connectivity index (χ2v) is 19.5. The van der Waals surface area contributed by atoms with E-state index in [0.717, 1.165) is 11.8 Å². The van der Waals surface area contributed by atoms with Crippen molar-refractivity contribution in [3.8, 4) is 23.0 Å². The molecule has 8 aliphatic rings. The number of carboxylic acid groups (broad SMARTS) is 2. The average molecular weight is 675 g/mol. The van der Waals surface area contributed by atoms with Gasteiger partial charge < -0.3 is 19.7 Å². The van der Waals surface area contributed by atoms with Gasteiger partial charge in [0.05, 0.1) is 11.1 Å². The van der Waals surface area contributed by atoms with E-state index in [9.17, 15) is 19.8 Å². The lowest BCUT2D eigenvalue weighted by atomic mass is 9.36. The van der Waals surface area contributed by atoms with Crippen molar-refractivity contribution in [2.45, 2.75) is 116 Å². The van der Waals surface area contributed by atoms with E-state index in [1.54, 1.807) is 48.5 Å². The van der Waals surface area contributed by atoms with Crippen LogP contribution in [-0.4, -0.2) is 22.2 Å². The Morgan fingerprint density at radius 2 is 0.840 bits per heavy atom. The van der Waals surface area contributed by atoms with Crippen molar-refractivity contribution >= 4 is 11.9 Å². The number of carboxylic acids is 2. The highest BCUT2D eigenvalue weighted by Crippen LogP contribution is 2.74. The number of carbonyl (C=O) groups is 2. The number of rotatable bonds is 8. The van der Waals surface area contributed by atoms with Gasteiger partial charge in [-0.15, -0.1) is 0 Å². The highest BCUT2D eigenvalue weighted by Gasteiger charge is 2.64. The molecule has 6 heteroatoms. The Morgan fingerprint density at radius 1 is 0.520 bits per heavy atom. The van der Waals surface area contributed by atoms with Gasteiger partial charge in [0, 0.05) is 0 Å². The van der Waals surface area contributed by atoms with Crippen LogP contribution in [0.25, 0.3) is 0 Å². The molecule has 8 fully saturated rings. The maximum atomic E-state index is 11.6. The van der Waals surface area contributed by atoms with Gasteiger partial charge in [-0.2, -0.15) is 0 Å². The summed E-state index contributed by atoms with van der Waals surface area (Å²) in [5, 5.41) is 19.1. The third-order valence-corrected chi connectivity index (χ3v) is 14.1. The molecule has 11 rings (SSSR count). The maximum absolute atomic E-state index is 11.6. The molecule has 262 valence electrons. The zero-order valence-corrected chi connectivity index (χ0v) is 29.9. The van der Waals surface area contributed by atoms with Crippen molar-refractivity contribution < 1.29 is 29.3 Å². The van der Waals surface area contributed by atoms with Gasteiger partial charge in [-0.1, -0.05) is 27.7 Å². The van der Waals surface area contributed by atoms with Crippen molar-refractivity contribution in [3.05, 3.63) is 82.9 Å². The summed E-state index contributed by atoms with van der Waals surface area (Å²) in [6, 6.07) is 17.9. The fourth-order valence-corrected chi connectivity index (χ4v) is 14.7. The van der Waals surface area contributed by atoms with Crippen molar-refractivity contribution in [1.29, 1.82) is 0 Å². The van der Waals surface area contributed by atoms with Crippen molar-refractivity contribution in [2.24, 2.45) is 33.5 Å². The molecular formula is C44H50O6. The first-order chi connectivity index (χ1) is 23.6. The molecule has 8 bridgehead atoms. The zero-order valence-electron chi connectivity index (χ0n) is 29.9. The lowest BCUT2D eigenvalue weighted by Crippen LogP contribution is -2.59. The van der Waals surface area contributed by atoms with Crippen LogP contribution in [0, 0.1) is 33.5 Å². The van der Waals surface area contributed by atoms with E-state index in [1.165, 1.54) is 88.2 Å². The van der Waals surface area contributed by atoms with Gasteiger partial charge >= 0.3 is 11.9 Å². The lowest BCUT2D eigenvalue weighted by Gasteiger charge is -2.68. The fraction of sp³-hybridized carbons (Fsp3) is 0.545. The van der Waals surface area contributed by atoms with Gasteiger partial charge in [0.2, 0.25) is 0 Å². The molecule has 8 saturated carbocycles. The molecule has 6 nitrogen and oxygen atoms in total. The third-order valence-electron chi connectivity index (χ3n) is 14.1. The van der Waals surface area contributed by atoms with Crippen molar-refractivity contribution in [1.82, 2.24) is 0 Å². The Kier molecular flexibility index (Phi) is 6.68. The monoisotopic (exact) mass is 674 g/mol. The van der Waals surface area contributed by atoms with E-state index in [2.05, 4.69) is 39.8 Å². The Bertz CT molecular complexity index is 1730. The number of ether oxygens (including phenoxy) is 2. The van der Waals surface area contributed by atoms with E-state index in [1.807, 2.05) is 0 Å². The Labute approximate surface area is 295 Å². The molecule has 4 unspecified atom stereocenters. The first-order valence-corrected chi connectivity index (χ1v) is 18.8. The van der Waals surface area contributed by atoms with Crippen molar-refractivity contribution in [3.63, 3.8) is 0 Å². The van der Waals surface area contributed by atoms with Crippen LogP contribution in [0.2, 0.25) is 0 Å². The normalized spacial score (nSPS) is 39.0. The zero-order chi connectivity index (χ0) is 34.9. The topological polar surface area (TPSA) is 93.1 Å². The second kappa shape index (κ2) is 10.4. The maximum Gasteiger partial charge on any atom is 0.335 e. The molecule has 0 amide bonds. The molecule has 4 atom stereocenters. The molecule has 0 spiro atoms. The Hall–Kier alpha value is -3.80. The minimum absolute atomic E-state index is 0.0658. The fourth-order valence-electron chi connectivity index (χ4n) is 14.7. The summed E-state index contributed by atoms with van der Waals surface area (Å²) in [6.45, 7) is 10.2. The molecule has 8 aliphatic carbocycles. The molecule has 3 aromatic rings. The molecule has 0 saturated heterocycles. The van der Waals surface area contributed by atoms with Crippen LogP contribution in [0.5, 0.6) is 23.0 Å². The van der Waals surface area contributed by atoms with Gasteiger partial charge in [-0.25, -0.2) is 9.59 Å². The predicted molar refractivity (Wildman–Crippen MR) is 192 cm³/mol. The first kappa shape index (κ1) is 32.1. The third kappa shape index (κ3) is 5.18. The van der Waals surface area contributed by atoms with E-state index in [4.69, 9.17) is 9.47 Å². The summed E-state index contributed by atoms with van der Waals surface area (Å²) in [5.74, 6) is 1.88. The van der Waals surface area contributed by atoms with Crippen LogP contribution in [0.4, 0.5) is 0 Å². The summed E-state index contributed by atoms with van der Waals surface area (Å²) < 4.78 is 13.5. The largest absolute Gasteiger partial charge is 0.478 e. The Balaban J connectivity index is 1.24. The predicted octanol–water partition coefficient (Wildman–Crippen LogP) is 11.2. The first-order valence-electron chi connectivity index (χ1n) is 18.8. The minimum Gasteiger partial charge on any atom is -0.478 e. The quantitative estimate of drug-likeness (QED) is 0.247. The van der Waals surface area contributed by atoms with Crippen LogP contribution >= 0.6 is 0 Å². The number of hydrogen-bond acceptors (Lipinski definition) is 4. The summed E-state index contributed by atoms with van der Waals surface area (Å²) in [7, 11) is 0. The molecule has 2 N–H and O–H groups in total. The minimum atomic E-state index is -0.973. The van der Waals surface area contributed by atoms with E-state index in [0.29, 0.717) is 44.7 Å². The molecule has 0 aromatic heterocycles. The van der Waals surface area contributed by atoms with Gasteiger partial charge in [-0.3, -0.25) is 0 Å². The molecule has 0 heterocycles. The molecule has 3 aromatic carbocycles. The van der Waals surface area contributed by atoms with E-state index < -0.39 is 11.9 Å². The van der Waals surface area contributed by atoms with Gasteiger partial charge in [-0.05, 0) is 193 Å². The summed E-state index contributed by atoms with van der Waals surface area (Å²) in [4.78, 5) is 23.3. The smallest absolute Gasteiger partial charge is 0.335 e. The highest BCUT2D eigenvalue weighted by atomic mass is 16.5. The molecule has 50 heavy (non-hydrogen) atoms. The van der Waals surface area contributed by atoms with E-state index >= 15 is 0 Å². The molecule has 0 aliphatic heterocycles. The standard InChI is InChI=1S/C44H50O6/c1-39-15-27-16-40(2,21-39)24-43(19-27,23-39)33-13-35(49-31-9-5-29(6-10-31)37(45)46)36(50-32-11-7-30(8-12-32)38(47)48)14-34(33)44-20-28-17-41(3,25-44)22-42(4,18-28)26-44/h5-14,27-28H,15-26H2,1-4H3,(H,45,46)(H,47,48). The van der Waals surface area contributed by atoms with Crippen LogP contribution in [0.1, 0.15) is 137 Å². The molecular weight excluding hydrogens is 624 g/mol. The lowest BCUT2D eigenvalue weighted by molar-refractivity contribution is -0.118. The summed E-state index contributed by atoms with van der Waals surface area (Å²) >= 11 is 0. The number of aromatic carboxylic acids is 2. The SMILES string of the molecule is CC12CC3CC(C)(C1)CC(c1cc(Oc4ccc(C(=O)O)cc4)c(Oc4ccc(C(=O)O)cc4)cc1C14CC5CC(C)(CC(C)(C5)C1)C4)(C3)C2. The van der Waals surface area contributed by atoms with Crippen LogP contribution in [0.15, 0.2) is 60.7 Å². The second-order valence-electron chi connectivity index (χ2n) is 19.5. The summed E-state index contributed by atoms with van der Waals surface area (Å²) in [6.07, 6.45) is 15.2. The molecule has 0 radical (unpaired) electrons. The van der Waals surface area contributed by atoms with Gasteiger partial charge in [0.15, 0.2) is 11.5 Å². The van der Waals surface area contributed by atoms with Gasteiger partial charge in [0.1, 0.15) is 11.5 Å². The number of benzene rings is 3. The average Bonchev–Trinajstić information content (AvgIpc) is 2.98. The van der Waals surface area contributed by atoms with Crippen LogP contribution < -0.4 is 9.47 Å². The van der Waals surface area contributed by atoms with Crippen LogP contribution in [-0.2, 0) is 10.8 Å². The highest BCUT2D eigenvalue weighted by molar-refractivity contribution is 5.88.